The van der Waals surface area contributed by atoms with Gasteiger partial charge in [-0.05, 0) is 87.3 Å². The summed E-state index contributed by atoms with van der Waals surface area (Å²) >= 11 is 0. The molecule has 0 radical (unpaired) electrons. The van der Waals surface area contributed by atoms with Crippen molar-refractivity contribution in [1.29, 1.82) is 0 Å². The third kappa shape index (κ3) is 7.10. The van der Waals surface area contributed by atoms with E-state index in [-0.39, 0.29) is 19.0 Å². The van der Waals surface area contributed by atoms with Crippen molar-refractivity contribution in [2.45, 2.75) is 59.3 Å². The molecule has 2 heterocycles. The zero-order valence-corrected chi connectivity index (χ0v) is 27.3. The molecular formula is C33H41N5O7S. The van der Waals surface area contributed by atoms with Crippen molar-refractivity contribution >= 4 is 33.5 Å². The van der Waals surface area contributed by atoms with Crippen LogP contribution in [0.3, 0.4) is 0 Å². The molecule has 0 spiro atoms. The molecule has 2 N–H and O–H groups in total. The number of hydrogen-bond acceptors (Lipinski definition) is 7. The fourth-order valence-electron chi connectivity index (χ4n) is 5.91. The van der Waals surface area contributed by atoms with E-state index in [1.165, 1.54) is 15.4 Å². The van der Waals surface area contributed by atoms with Gasteiger partial charge in [0.15, 0.2) is 0 Å². The first kappa shape index (κ1) is 33.1. The van der Waals surface area contributed by atoms with Gasteiger partial charge in [-0.3, -0.25) is 18.9 Å². The molecule has 0 saturated heterocycles. The average molecular weight is 652 g/mol. The average Bonchev–Trinajstić information content (AvgIpc) is 3.71. The first-order valence-electron chi connectivity index (χ1n) is 15.7. The Morgan fingerprint density at radius 2 is 1.89 bits per heavy atom. The lowest BCUT2D eigenvalue weighted by molar-refractivity contribution is -0.136. The van der Waals surface area contributed by atoms with Crippen molar-refractivity contribution in [2.75, 3.05) is 41.9 Å². The van der Waals surface area contributed by atoms with Gasteiger partial charge in [0, 0.05) is 37.3 Å². The normalized spacial score (nSPS) is 15.2. The molecule has 0 atom stereocenters. The highest BCUT2D eigenvalue weighted by molar-refractivity contribution is 7.85. The lowest BCUT2D eigenvalue weighted by Gasteiger charge is -2.31. The number of hydrogen-bond donors (Lipinski definition) is 2. The Balaban J connectivity index is 1.26. The van der Waals surface area contributed by atoms with Crippen LogP contribution >= 0.6 is 0 Å². The van der Waals surface area contributed by atoms with Crippen LogP contribution in [0.15, 0.2) is 48.8 Å². The fourth-order valence-corrected chi connectivity index (χ4v) is 6.27. The minimum atomic E-state index is -4.24. The zero-order chi connectivity index (χ0) is 33.1. The van der Waals surface area contributed by atoms with Crippen molar-refractivity contribution in [2.24, 2.45) is 5.41 Å². The van der Waals surface area contributed by atoms with Gasteiger partial charge in [-0.2, -0.15) is 18.3 Å². The van der Waals surface area contributed by atoms with Crippen molar-refractivity contribution < 1.29 is 32.1 Å². The molecule has 246 valence electrons. The number of anilines is 1. The molecule has 3 aromatic rings. The van der Waals surface area contributed by atoms with Crippen LogP contribution in [-0.2, 0) is 30.9 Å². The number of carbonyl (C=O) groups is 3. The molecule has 2 aromatic carbocycles. The minimum Gasteiger partial charge on any atom is -0.493 e. The van der Waals surface area contributed by atoms with Gasteiger partial charge in [0.1, 0.15) is 11.2 Å². The van der Waals surface area contributed by atoms with Gasteiger partial charge in [-0.25, -0.2) is 5.01 Å². The topological polar surface area (TPSA) is 151 Å². The number of ether oxygens (including phenoxy) is 1. The SMILES string of the molecule is CCN(C(=O)C1(C(=O)NCCS(=O)(=O)O)CC1)n1cc(-c2cccc3c2CCCN3C(=O)CCCOc2cccc(C)c2C)cn1. The largest absolute Gasteiger partial charge is 0.493 e. The molecule has 1 aliphatic carbocycles. The van der Waals surface area contributed by atoms with E-state index in [1.54, 1.807) is 19.3 Å². The molecule has 13 heteroatoms. The number of aromatic nitrogens is 2. The number of nitrogens with one attached hydrogen (secondary N) is 1. The minimum absolute atomic E-state index is 0.0470. The Labute approximate surface area is 269 Å². The van der Waals surface area contributed by atoms with E-state index in [9.17, 15) is 22.8 Å². The number of fused-ring (bicyclic) bond motifs is 1. The summed E-state index contributed by atoms with van der Waals surface area (Å²) in [6.45, 7) is 6.92. The zero-order valence-electron chi connectivity index (χ0n) is 26.5. The highest BCUT2D eigenvalue weighted by Gasteiger charge is 2.58. The Morgan fingerprint density at radius 3 is 2.61 bits per heavy atom. The monoisotopic (exact) mass is 651 g/mol. The second kappa shape index (κ2) is 13.6. The van der Waals surface area contributed by atoms with E-state index in [4.69, 9.17) is 9.29 Å². The van der Waals surface area contributed by atoms with Gasteiger partial charge in [-0.1, -0.05) is 24.3 Å². The molecule has 3 amide bonds. The predicted octanol–water partition coefficient (Wildman–Crippen LogP) is 3.57. The van der Waals surface area contributed by atoms with Crippen molar-refractivity contribution in [3.8, 4) is 16.9 Å². The summed E-state index contributed by atoms with van der Waals surface area (Å²) in [6, 6.07) is 11.8. The summed E-state index contributed by atoms with van der Waals surface area (Å²) in [5.41, 5.74) is 4.59. The van der Waals surface area contributed by atoms with Gasteiger partial charge >= 0.3 is 0 Å². The molecule has 5 rings (SSSR count). The van der Waals surface area contributed by atoms with Crippen LogP contribution in [0.1, 0.15) is 55.7 Å². The van der Waals surface area contributed by atoms with Crippen molar-refractivity contribution in [1.82, 2.24) is 15.2 Å². The number of aryl methyl sites for hydroxylation is 1. The highest BCUT2D eigenvalue weighted by Crippen LogP contribution is 2.47. The van der Waals surface area contributed by atoms with Crippen LogP contribution < -0.4 is 20.0 Å². The summed E-state index contributed by atoms with van der Waals surface area (Å²) in [7, 11) is -4.24. The van der Waals surface area contributed by atoms with E-state index < -0.39 is 33.1 Å². The number of benzene rings is 2. The number of carbonyl (C=O) groups excluding carboxylic acids is 3. The molecule has 1 aromatic heterocycles. The van der Waals surface area contributed by atoms with Crippen LogP contribution in [0.2, 0.25) is 0 Å². The lowest BCUT2D eigenvalue weighted by Crippen LogP contribution is -2.50. The van der Waals surface area contributed by atoms with Gasteiger partial charge in [0.2, 0.25) is 11.8 Å². The molecule has 0 bridgehead atoms. The molecule has 12 nitrogen and oxygen atoms in total. The predicted molar refractivity (Wildman–Crippen MR) is 174 cm³/mol. The molecule has 1 aliphatic heterocycles. The van der Waals surface area contributed by atoms with E-state index in [0.29, 0.717) is 38.8 Å². The molecule has 1 saturated carbocycles. The van der Waals surface area contributed by atoms with Crippen molar-refractivity contribution in [3.05, 3.63) is 65.5 Å². The van der Waals surface area contributed by atoms with Crippen LogP contribution in [0.5, 0.6) is 5.75 Å². The summed E-state index contributed by atoms with van der Waals surface area (Å²) in [4.78, 5) is 43.0. The van der Waals surface area contributed by atoms with E-state index in [1.807, 2.05) is 55.1 Å². The quantitative estimate of drug-likeness (QED) is 0.162. The first-order valence-corrected chi connectivity index (χ1v) is 17.3. The van der Waals surface area contributed by atoms with Gasteiger partial charge < -0.3 is 15.0 Å². The van der Waals surface area contributed by atoms with Gasteiger partial charge in [0.05, 0.1) is 24.8 Å². The Bertz CT molecular complexity index is 1730. The fraction of sp³-hybridized carbons (Fsp3) is 0.455. The molecular weight excluding hydrogens is 610 g/mol. The Morgan fingerprint density at radius 1 is 1.13 bits per heavy atom. The van der Waals surface area contributed by atoms with E-state index in [0.717, 1.165) is 46.5 Å². The molecule has 2 aliphatic rings. The molecule has 0 unspecified atom stereocenters. The van der Waals surface area contributed by atoms with Crippen LogP contribution in [0.4, 0.5) is 5.69 Å². The van der Waals surface area contributed by atoms with Gasteiger partial charge in [0.25, 0.3) is 16.0 Å². The van der Waals surface area contributed by atoms with Gasteiger partial charge in [-0.15, -0.1) is 0 Å². The van der Waals surface area contributed by atoms with Crippen molar-refractivity contribution in [3.63, 3.8) is 0 Å². The second-order valence-corrected chi connectivity index (χ2v) is 13.5. The number of rotatable bonds is 13. The van der Waals surface area contributed by atoms with Crippen LogP contribution in [0, 0.1) is 19.3 Å². The van der Waals surface area contributed by atoms with E-state index in [2.05, 4.69) is 10.4 Å². The van der Waals surface area contributed by atoms with E-state index >= 15 is 0 Å². The summed E-state index contributed by atoms with van der Waals surface area (Å²) in [5, 5.41) is 8.31. The Kier molecular flexibility index (Phi) is 9.82. The van der Waals surface area contributed by atoms with Crippen LogP contribution in [0.25, 0.3) is 11.1 Å². The number of nitrogens with zero attached hydrogens (tertiary/aromatic N) is 4. The maximum Gasteiger partial charge on any atom is 0.266 e. The maximum atomic E-state index is 13.6. The smallest absolute Gasteiger partial charge is 0.266 e. The lowest BCUT2D eigenvalue weighted by atomic mass is 9.93. The molecule has 1 fully saturated rings. The third-order valence-electron chi connectivity index (χ3n) is 8.80. The summed E-state index contributed by atoms with van der Waals surface area (Å²) < 4.78 is 36.9. The highest BCUT2D eigenvalue weighted by atomic mass is 32.2. The van der Waals surface area contributed by atoms with Crippen LogP contribution in [-0.4, -0.2) is 72.6 Å². The standard InChI is InChI=1S/C33H41N5O7S/c1-4-37(32(41)33(15-16-33)31(40)34-17-20-46(42,43)44)38-22-25(21-35-38)26-10-6-12-28-27(26)11-7-18-36(28)30(39)14-8-19-45-29-13-5-9-23(2)24(29)3/h5-6,9-10,12-13,21-22H,4,7-8,11,14-20H2,1-3H3,(H,34,40)(H,42,43,44). The molecule has 46 heavy (non-hydrogen) atoms. The third-order valence-corrected chi connectivity index (χ3v) is 9.52. The Hall–Kier alpha value is -4.23. The second-order valence-electron chi connectivity index (χ2n) is 11.9. The maximum absolute atomic E-state index is 13.6. The number of amides is 3. The summed E-state index contributed by atoms with van der Waals surface area (Å²) in [6.07, 6.45) is 6.66. The first-order chi connectivity index (χ1) is 21.9. The summed E-state index contributed by atoms with van der Waals surface area (Å²) in [5.74, 6) is -0.732.